The van der Waals surface area contributed by atoms with Crippen molar-refractivity contribution in [2.75, 3.05) is 27.4 Å². The van der Waals surface area contributed by atoms with Gasteiger partial charge in [-0.3, -0.25) is 9.59 Å². The van der Waals surface area contributed by atoms with E-state index in [0.29, 0.717) is 37.5 Å². The minimum absolute atomic E-state index is 0.0981. The van der Waals surface area contributed by atoms with Crippen LogP contribution >= 0.6 is 0 Å². The van der Waals surface area contributed by atoms with E-state index in [1.807, 2.05) is 23.1 Å². The van der Waals surface area contributed by atoms with Crippen molar-refractivity contribution in [3.8, 4) is 11.5 Å². The molecule has 0 aromatic heterocycles. The summed E-state index contributed by atoms with van der Waals surface area (Å²) < 4.78 is 15.6. The van der Waals surface area contributed by atoms with Crippen molar-refractivity contribution < 1.29 is 23.8 Å². The number of amides is 1. The maximum absolute atomic E-state index is 12.9. The van der Waals surface area contributed by atoms with Gasteiger partial charge in [0.1, 0.15) is 0 Å². The highest BCUT2D eigenvalue weighted by Crippen LogP contribution is 2.28. The minimum atomic E-state index is -0.242. The molecule has 1 fully saturated rings. The molecule has 1 aromatic rings. The summed E-state index contributed by atoms with van der Waals surface area (Å²) in [6.07, 6.45) is 5.62. The lowest BCUT2D eigenvalue weighted by Crippen LogP contribution is -2.40. The van der Waals surface area contributed by atoms with E-state index in [1.54, 1.807) is 21.1 Å². The van der Waals surface area contributed by atoms with Crippen LogP contribution in [0.1, 0.15) is 51.0 Å². The van der Waals surface area contributed by atoms with Crippen molar-refractivity contribution >= 4 is 11.9 Å². The molecule has 150 valence electrons. The van der Waals surface area contributed by atoms with E-state index in [1.165, 1.54) is 0 Å². The van der Waals surface area contributed by atoms with Crippen LogP contribution in [0.3, 0.4) is 0 Å². The van der Waals surface area contributed by atoms with Crippen LogP contribution in [0.2, 0.25) is 0 Å². The number of hydrogen-bond acceptors (Lipinski definition) is 5. The van der Waals surface area contributed by atoms with E-state index >= 15 is 0 Å². The Morgan fingerprint density at radius 2 is 1.78 bits per heavy atom. The van der Waals surface area contributed by atoms with E-state index in [9.17, 15) is 9.59 Å². The fourth-order valence-corrected chi connectivity index (χ4v) is 3.60. The van der Waals surface area contributed by atoms with Crippen LogP contribution in [-0.4, -0.2) is 50.2 Å². The number of hydrogen-bond donors (Lipinski definition) is 0. The quantitative estimate of drug-likeness (QED) is 0.585. The van der Waals surface area contributed by atoms with Crippen molar-refractivity contribution in [3.05, 3.63) is 23.8 Å². The highest BCUT2D eigenvalue weighted by molar-refractivity contribution is 5.78. The van der Waals surface area contributed by atoms with Crippen LogP contribution in [0.5, 0.6) is 11.5 Å². The monoisotopic (exact) mass is 377 g/mol. The molecule has 6 nitrogen and oxygen atoms in total. The van der Waals surface area contributed by atoms with Gasteiger partial charge in [-0.15, -0.1) is 0 Å². The number of rotatable bonds is 10. The first-order valence-corrected chi connectivity index (χ1v) is 9.75. The predicted octanol–water partition coefficient (Wildman–Crippen LogP) is 3.36. The Morgan fingerprint density at radius 3 is 2.41 bits per heavy atom. The van der Waals surface area contributed by atoms with Gasteiger partial charge in [-0.25, -0.2) is 0 Å². The van der Waals surface area contributed by atoms with Crippen LogP contribution < -0.4 is 9.47 Å². The highest BCUT2D eigenvalue weighted by atomic mass is 16.5. The van der Waals surface area contributed by atoms with Gasteiger partial charge in [0.2, 0.25) is 5.91 Å². The molecular formula is C21H31NO5. The Morgan fingerprint density at radius 1 is 1.07 bits per heavy atom. The smallest absolute Gasteiger partial charge is 0.307 e. The molecule has 1 aliphatic rings. The van der Waals surface area contributed by atoms with Crippen LogP contribution in [-0.2, 0) is 20.7 Å². The molecule has 1 saturated carbocycles. The molecule has 0 spiro atoms. The van der Waals surface area contributed by atoms with Gasteiger partial charge in [0.25, 0.3) is 0 Å². The summed E-state index contributed by atoms with van der Waals surface area (Å²) in [7, 11) is 3.20. The zero-order valence-electron chi connectivity index (χ0n) is 16.7. The standard InChI is InChI=1S/C21H31NO5/c1-4-27-21(24)13-14-22(17-7-5-6-8-17)20(23)12-10-16-9-11-18(25-2)19(15-16)26-3/h9,11,15,17H,4-8,10,12-14H2,1-3H3. The van der Waals surface area contributed by atoms with Crippen molar-refractivity contribution in [1.29, 1.82) is 0 Å². The van der Waals surface area contributed by atoms with E-state index in [-0.39, 0.29) is 24.3 Å². The van der Waals surface area contributed by atoms with Gasteiger partial charge in [-0.1, -0.05) is 18.9 Å². The molecule has 0 bridgehead atoms. The van der Waals surface area contributed by atoms with Crippen LogP contribution in [0.15, 0.2) is 18.2 Å². The Labute approximate surface area is 161 Å². The first kappa shape index (κ1) is 21.1. The molecule has 1 aromatic carbocycles. The summed E-state index contributed by atoms with van der Waals surface area (Å²) in [6, 6.07) is 5.96. The lowest BCUT2D eigenvalue weighted by Gasteiger charge is -2.29. The summed E-state index contributed by atoms with van der Waals surface area (Å²) in [5.74, 6) is 1.20. The number of esters is 1. The van der Waals surface area contributed by atoms with Gasteiger partial charge in [0, 0.05) is 19.0 Å². The third kappa shape index (κ3) is 6.15. The van der Waals surface area contributed by atoms with E-state index < -0.39 is 0 Å². The summed E-state index contributed by atoms with van der Waals surface area (Å²) >= 11 is 0. The van der Waals surface area contributed by atoms with Gasteiger partial charge in [0.05, 0.1) is 27.2 Å². The molecule has 6 heteroatoms. The van der Waals surface area contributed by atoms with Crippen molar-refractivity contribution in [3.63, 3.8) is 0 Å². The molecule has 0 atom stereocenters. The molecular weight excluding hydrogens is 346 g/mol. The molecule has 1 aliphatic carbocycles. The van der Waals surface area contributed by atoms with Gasteiger partial charge in [0.15, 0.2) is 11.5 Å². The van der Waals surface area contributed by atoms with E-state index in [0.717, 1.165) is 31.2 Å². The average molecular weight is 377 g/mol. The number of carbonyl (C=O) groups excluding carboxylic acids is 2. The summed E-state index contributed by atoms with van der Waals surface area (Å²) in [6.45, 7) is 2.60. The van der Waals surface area contributed by atoms with Gasteiger partial charge >= 0.3 is 5.97 Å². The molecule has 0 unspecified atom stereocenters. The minimum Gasteiger partial charge on any atom is -0.493 e. The maximum Gasteiger partial charge on any atom is 0.307 e. The normalized spacial score (nSPS) is 14.0. The van der Waals surface area contributed by atoms with Gasteiger partial charge < -0.3 is 19.1 Å². The summed E-state index contributed by atoms with van der Waals surface area (Å²) in [5, 5.41) is 0. The number of methoxy groups -OCH3 is 2. The van der Waals surface area contributed by atoms with E-state index in [2.05, 4.69) is 0 Å². The Kier molecular flexibility index (Phi) is 8.43. The number of ether oxygens (including phenoxy) is 3. The first-order valence-electron chi connectivity index (χ1n) is 9.75. The van der Waals surface area contributed by atoms with Crippen molar-refractivity contribution in [2.45, 2.75) is 57.9 Å². The molecule has 0 aliphatic heterocycles. The van der Waals surface area contributed by atoms with Crippen LogP contribution in [0.4, 0.5) is 0 Å². The second-order valence-electron chi connectivity index (χ2n) is 6.77. The Bertz CT molecular complexity index is 625. The molecule has 1 amide bonds. The highest BCUT2D eigenvalue weighted by Gasteiger charge is 2.27. The topological polar surface area (TPSA) is 65.1 Å². The number of carbonyl (C=O) groups is 2. The molecule has 0 radical (unpaired) electrons. The van der Waals surface area contributed by atoms with Crippen molar-refractivity contribution in [1.82, 2.24) is 4.90 Å². The first-order chi connectivity index (χ1) is 13.1. The lowest BCUT2D eigenvalue weighted by atomic mass is 10.1. The summed E-state index contributed by atoms with van der Waals surface area (Å²) in [4.78, 5) is 26.5. The molecule has 0 N–H and O–H groups in total. The fraction of sp³-hybridized carbons (Fsp3) is 0.619. The lowest BCUT2D eigenvalue weighted by molar-refractivity contribution is -0.144. The second kappa shape index (κ2) is 10.8. The zero-order valence-corrected chi connectivity index (χ0v) is 16.7. The number of nitrogens with zero attached hydrogens (tertiary/aromatic N) is 1. The molecule has 2 rings (SSSR count). The third-order valence-electron chi connectivity index (χ3n) is 5.02. The molecule has 27 heavy (non-hydrogen) atoms. The number of aryl methyl sites for hydroxylation is 1. The summed E-state index contributed by atoms with van der Waals surface area (Å²) in [5.41, 5.74) is 1.03. The Balaban J connectivity index is 1.97. The SMILES string of the molecule is CCOC(=O)CCN(C(=O)CCc1ccc(OC)c(OC)c1)C1CCCC1. The van der Waals surface area contributed by atoms with Crippen molar-refractivity contribution in [2.24, 2.45) is 0 Å². The van der Waals surface area contributed by atoms with Gasteiger partial charge in [-0.2, -0.15) is 0 Å². The fourth-order valence-electron chi connectivity index (χ4n) is 3.60. The molecule has 0 heterocycles. The largest absolute Gasteiger partial charge is 0.493 e. The number of benzene rings is 1. The van der Waals surface area contributed by atoms with E-state index in [4.69, 9.17) is 14.2 Å². The van der Waals surface area contributed by atoms with Crippen LogP contribution in [0, 0.1) is 0 Å². The molecule has 0 saturated heterocycles. The zero-order chi connectivity index (χ0) is 19.6. The predicted molar refractivity (Wildman–Crippen MR) is 103 cm³/mol. The third-order valence-corrected chi connectivity index (χ3v) is 5.02. The van der Waals surface area contributed by atoms with Crippen LogP contribution in [0.25, 0.3) is 0 Å². The maximum atomic E-state index is 12.9. The average Bonchev–Trinajstić information content (AvgIpc) is 3.20. The Hall–Kier alpha value is -2.24. The van der Waals surface area contributed by atoms with Gasteiger partial charge in [-0.05, 0) is 43.9 Å². The second-order valence-corrected chi connectivity index (χ2v) is 6.77.